The molecule has 0 saturated carbocycles. The summed E-state index contributed by atoms with van der Waals surface area (Å²) >= 11 is 1.67. The smallest absolute Gasteiger partial charge is 0.237 e. The fourth-order valence-corrected chi connectivity index (χ4v) is 2.32. The Bertz CT molecular complexity index is 428. The number of benzene rings is 1. The summed E-state index contributed by atoms with van der Waals surface area (Å²) in [7, 11) is 0. The molecule has 3 N–H and O–H groups in total. The largest absolute Gasteiger partial charge is 0.351 e. The number of nitrogens with one attached hydrogen (secondary N) is 1. The number of halogens is 1. The molecule has 0 aliphatic rings. The Labute approximate surface area is 118 Å². The SMILES string of the molecule is CSCC[C@@H](N)C(=O)NCc1cc(C)c(F)c(C)c1. The number of aryl methyl sites for hydroxylation is 2. The first-order valence-corrected chi connectivity index (χ1v) is 7.63. The predicted molar refractivity (Wildman–Crippen MR) is 78.7 cm³/mol. The van der Waals surface area contributed by atoms with Crippen molar-refractivity contribution in [1.29, 1.82) is 0 Å². The van der Waals surface area contributed by atoms with Crippen LogP contribution >= 0.6 is 11.8 Å². The second-order valence-electron chi connectivity index (χ2n) is 4.65. The quantitative estimate of drug-likeness (QED) is 0.841. The lowest BCUT2D eigenvalue weighted by atomic mass is 10.1. The van der Waals surface area contributed by atoms with Crippen LogP contribution in [0.15, 0.2) is 12.1 Å². The average molecular weight is 284 g/mol. The summed E-state index contributed by atoms with van der Waals surface area (Å²) in [6.07, 6.45) is 2.64. The lowest BCUT2D eigenvalue weighted by molar-refractivity contribution is -0.122. The molecular weight excluding hydrogens is 263 g/mol. The minimum absolute atomic E-state index is 0.159. The molecule has 3 nitrogen and oxygen atoms in total. The number of amides is 1. The van der Waals surface area contributed by atoms with E-state index in [1.54, 1.807) is 37.7 Å². The first-order valence-electron chi connectivity index (χ1n) is 6.23. The molecule has 1 aromatic rings. The van der Waals surface area contributed by atoms with Gasteiger partial charge in [-0.3, -0.25) is 4.79 Å². The van der Waals surface area contributed by atoms with Gasteiger partial charge in [-0.2, -0.15) is 11.8 Å². The predicted octanol–water partition coefficient (Wildman–Crippen LogP) is 2.14. The normalized spacial score (nSPS) is 12.3. The average Bonchev–Trinajstić information content (AvgIpc) is 2.39. The van der Waals surface area contributed by atoms with Gasteiger partial charge >= 0.3 is 0 Å². The summed E-state index contributed by atoms with van der Waals surface area (Å²) in [4.78, 5) is 11.7. The van der Waals surface area contributed by atoms with Gasteiger partial charge in [0.2, 0.25) is 5.91 Å². The molecule has 1 rings (SSSR count). The van der Waals surface area contributed by atoms with Crippen molar-refractivity contribution < 1.29 is 9.18 Å². The Hall–Kier alpha value is -1.07. The van der Waals surface area contributed by atoms with Gasteiger partial charge in [0, 0.05) is 6.54 Å². The van der Waals surface area contributed by atoms with Crippen LogP contribution in [0.25, 0.3) is 0 Å². The number of hydrogen-bond acceptors (Lipinski definition) is 3. The highest BCUT2D eigenvalue weighted by molar-refractivity contribution is 7.98. The molecule has 0 radical (unpaired) electrons. The third-order valence-electron chi connectivity index (χ3n) is 2.93. The van der Waals surface area contributed by atoms with Crippen LogP contribution in [0.1, 0.15) is 23.1 Å². The molecule has 1 amide bonds. The topological polar surface area (TPSA) is 55.1 Å². The van der Waals surface area contributed by atoms with E-state index in [2.05, 4.69) is 5.32 Å². The van der Waals surface area contributed by atoms with E-state index in [1.807, 2.05) is 6.26 Å². The van der Waals surface area contributed by atoms with Crippen LogP contribution in [0.5, 0.6) is 0 Å². The van der Waals surface area contributed by atoms with Gasteiger partial charge in [0.25, 0.3) is 0 Å². The van der Waals surface area contributed by atoms with Crippen LogP contribution in [0.2, 0.25) is 0 Å². The minimum Gasteiger partial charge on any atom is -0.351 e. The van der Waals surface area contributed by atoms with Gasteiger partial charge in [-0.05, 0) is 49.0 Å². The lowest BCUT2D eigenvalue weighted by Gasteiger charge is -2.12. The van der Waals surface area contributed by atoms with Crippen molar-refractivity contribution in [3.8, 4) is 0 Å². The maximum Gasteiger partial charge on any atom is 0.237 e. The molecule has 1 atom stereocenters. The molecule has 0 unspecified atom stereocenters. The van der Waals surface area contributed by atoms with Crippen LogP contribution in [-0.2, 0) is 11.3 Å². The molecular formula is C14H21FN2OS. The second kappa shape index (κ2) is 7.50. The maximum atomic E-state index is 13.5. The Morgan fingerprint density at radius 1 is 1.42 bits per heavy atom. The molecule has 5 heteroatoms. The highest BCUT2D eigenvalue weighted by Crippen LogP contribution is 2.14. The van der Waals surface area contributed by atoms with E-state index in [0.29, 0.717) is 24.1 Å². The van der Waals surface area contributed by atoms with Gasteiger partial charge in [-0.1, -0.05) is 12.1 Å². The molecule has 0 aliphatic heterocycles. The van der Waals surface area contributed by atoms with Crippen molar-refractivity contribution in [1.82, 2.24) is 5.32 Å². The molecule has 0 aromatic heterocycles. The van der Waals surface area contributed by atoms with Crippen LogP contribution in [-0.4, -0.2) is 24.0 Å². The zero-order valence-electron chi connectivity index (χ0n) is 11.6. The number of carbonyl (C=O) groups is 1. The van der Waals surface area contributed by atoms with Crippen LogP contribution in [0.3, 0.4) is 0 Å². The van der Waals surface area contributed by atoms with Gasteiger partial charge in [0.15, 0.2) is 0 Å². The summed E-state index contributed by atoms with van der Waals surface area (Å²) in [5.74, 6) is 0.518. The monoisotopic (exact) mass is 284 g/mol. The first kappa shape index (κ1) is 16.0. The number of nitrogens with two attached hydrogens (primary N) is 1. The third-order valence-corrected chi connectivity index (χ3v) is 3.58. The fourth-order valence-electron chi connectivity index (χ4n) is 1.83. The van der Waals surface area contributed by atoms with E-state index >= 15 is 0 Å². The van der Waals surface area contributed by atoms with E-state index in [1.165, 1.54) is 0 Å². The van der Waals surface area contributed by atoms with Crippen molar-refractivity contribution in [2.24, 2.45) is 5.73 Å². The summed E-state index contributed by atoms with van der Waals surface area (Å²) in [5.41, 5.74) is 7.84. The molecule has 0 bridgehead atoms. The molecule has 0 aliphatic carbocycles. The molecule has 0 heterocycles. The highest BCUT2D eigenvalue weighted by Gasteiger charge is 2.12. The molecule has 0 spiro atoms. The van der Waals surface area contributed by atoms with Crippen molar-refractivity contribution in [2.75, 3.05) is 12.0 Å². The summed E-state index contributed by atoms with van der Waals surface area (Å²) in [6, 6.07) is 3.02. The minimum atomic E-state index is -0.477. The van der Waals surface area contributed by atoms with Crippen LogP contribution < -0.4 is 11.1 Å². The van der Waals surface area contributed by atoms with Crippen molar-refractivity contribution >= 4 is 17.7 Å². The van der Waals surface area contributed by atoms with Crippen molar-refractivity contribution in [3.63, 3.8) is 0 Å². The zero-order valence-corrected chi connectivity index (χ0v) is 12.4. The lowest BCUT2D eigenvalue weighted by Crippen LogP contribution is -2.40. The van der Waals surface area contributed by atoms with E-state index in [-0.39, 0.29) is 11.7 Å². The Morgan fingerprint density at radius 3 is 2.53 bits per heavy atom. The molecule has 19 heavy (non-hydrogen) atoms. The van der Waals surface area contributed by atoms with Gasteiger partial charge in [0.1, 0.15) is 5.82 Å². The van der Waals surface area contributed by atoms with Gasteiger partial charge in [-0.15, -0.1) is 0 Å². The number of hydrogen-bond donors (Lipinski definition) is 2. The molecule has 1 aromatic carbocycles. The zero-order chi connectivity index (χ0) is 14.4. The molecule has 106 valence electrons. The van der Waals surface area contributed by atoms with Gasteiger partial charge < -0.3 is 11.1 Å². The van der Waals surface area contributed by atoms with Crippen molar-refractivity contribution in [3.05, 3.63) is 34.6 Å². The Kier molecular flexibility index (Phi) is 6.31. The number of carbonyl (C=O) groups excluding carboxylic acids is 1. The fraction of sp³-hybridized carbons (Fsp3) is 0.500. The van der Waals surface area contributed by atoms with E-state index in [9.17, 15) is 9.18 Å². The maximum absolute atomic E-state index is 13.5. The van der Waals surface area contributed by atoms with E-state index in [0.717, 1.165) is 11.3 Å². The molecule has 0 fully saturated rings. The van der Waals surface area contributed by atoms with Gasteiger partial charge in [0.05, 0.1) is 6.04 Å². The number of rotatable bonds is 6. The number of thioether (sulfide) groups is 1. The summed E-state index contributed by atoms with van der Waals surface area (Å²) in [5, 5.41) is 2.79. The van der Waals surface area contributed by atoms with Crippen LogP contribution in [0, 0.1) is 19.7 Å². The van der Waals surface area contributed by atoms with Gasteiger partial charge in [-0.25, -0.2) is 4.39 Å². The third kappa shape index (κ3) is 4.84. The Morgan fingerprint density at radius 2 is 2.00 bits per heavy atom. The highest BCUT2D eigenvalue weighted by atomic mass is 32.2. The summed E-state index contributed by atoms with van der Waals surface area (Å²) < 4.78 is 13.5. The second-order valence-corrected chi connectivity index (χ2v) is 5.63. The van der Waals surface area contributed by atoms with Crippen molar-refractivity contribution in [2.45, 2.75) is 32.9 Å². The molecule has 0 saturated heterocycles. The standard InChI is InChI=1S/C14H21FN2OS/c1-9-6-11(7-10(2)13(9)15)8-17-14(18)12(16)4-5-19-3/h6-7,12H,4-5,8,16H2,1-3H3,(H,17,18)/t12-/m1/s1. The Balaban J connectivity index is 2.55. The van der Waals surface area contributed by atoms with Crippen LogP contribution in [0.4, 0.5) is 4.39 Å². The van der Waals surface area contributed by atoms with E-state index < -0.39 is 6.04 Å². The first-order chi connectivity index (χ1) is 8.95. The summed E-state index contributed by atoms with van der Waals surface area (Å²) in [6.45, 7) is 3.82. The van der Waals surface area contributed by atoms with E-state index in [4.69, 9.17) is 5.73 Å².